The molecular formula is C16H24N4O3. The minimum Gasteiger partial charge on any atom is -0.381 e. The van der Waals surface area contributed by atoms with E-state index in [1.54, 1.807) is 11.1 Å². The third kappa shape index (κ3) is 3.24. The highest BCUT2D eigenvalue weighted by atomic mass is 16.5. The predicted molar refractivity (Wildman–Crippen MR) is 84.2 cm³/mol. The number of nitrogens with one attached hydrogen (secondary N) is 1. The fourth-order valence-corrected chi connectivity index (χ4v) is 3.37. The molecule has 0 aliphatic carbocycles. The molecule has 7 nitrogen and oxygen atoms in total. The zero-order valence-corrected chi connectivity index (χ0v) is 13.7. The van der Waals surface area contributed by atoms with Gasteiger partial charge in [0.2, 0.25) is 5.91 Å². The molecule has 1 unspecified atom stereocenters. The summed E-state index contributed by atoms with van der Waals surface area (Å²) < 4.78 is 7.35. The molecule has 1 atom stereocenters. The van der Waals surface area contributed by atoms with Gasteiger partial charge in [-0.2, -0.15) is 5.10 Å². The first-order chi connectivity index (χ1) is 11.1. The summed E-state index contributed by atoms with van der Waals surface area (Å²) in [4.78, 5) is 26.3. The highest BCUT2D eigenvalue weighted by Crippen LogP contribution is 2.24. The lowest BCUT2D eigenvalue weighted by Crippen LogP contribution is -2.40. The van der Waals surface area contributed by atoms with Crippen LogP contribution in [-0.4, -0.2) is 58.8 Å². The Morgan fingerprint density at radius 3 is 2.87 bits per heavy atom. The number of nitrogens with zero attached hydrogens (tertiary/aromatic N) is 3. The maximum Gasteiger partial charge on any atom is 0.257 e. The van der Waals surface area contributed by atoms with Gasteiger partial charge in [-0.05, 0) is 26.7 Å². The number of rotatable bonds is 2. The van der Waals surface area contributed by atoms with E-state index >= 15 is 0 Å². The Kier molecular flexibility index (Phi) is 4.66. The fourth-order valence-electron chi connectivity index (χ4n) is 3.37. The number of ether oxygens (including phenoxy) is 1. The van der Waals surface area contributed by atoms with Gasteiger partial charge in [0.15, 0.2) is 0 Å². The first-order valence-corrected chi connectivity index (χ1v) is 8.27. The lowest BCUT2D eigenvalue weighted by Gasteiger charge is -2.26. The molecule has 0 aromatic carbocycles. The van der Waals surface area contributed by atoms with Gasteiger partial charge in [-0.15, -0.1) is 0 Å². The Bertz CT molecular complexity index is 592. The summed E-state index contributed by atoms with van der Waals surface area (Å²) in [7, 11) is 0. The normalized spacial score (nSPS) is 23.5. The Balaban J connectivity index is 1.79. The summed E-state index contributed by atoms with van der Waals surface area (Å²) in [5.41, 5.74) is 1.54. The summed E-state index contributed by atoms with van der Waals surface area (Å²) in [6.45, 7) is 6.38. The zero-order chi connectivity index (χ0) is 16.4. The van der Waals surface area contributed by atoms with E-state index in [0.717, 1.165) is 31.7 Å². The second-order valence-electron chi connectivity index (χ2n) is 6.33. The SMILES string of the molecule is Cc1c(C(=O)N2CCNC(=O)CC2C)cnn1C1CCOCC1. The van der Waals surface area contributed by atoms with Gasteiger partial charge in [0.1, 0.15) is 0 Å². The Morgan fingerprint density at radius 2 is 2.13 bits per heavy atom. The van der Waals surface area contributed by atoms with Gasteiger partial charge in [0, 0.05) is 44.5 Å². The van der Waals surface area contributed by atoms with E-state index in [9.17, 15) is 9.59 Å². The van der Waals surface area contributed by atoms with Crippen LogP contribution in [0.2, 0.25) is 0 Å². The molecule has 3 rings (SSSR count). The van der Waals surface area contributed by atoms with E-state index in [0.29, 0.717) is 31.1 Å². The zero-order valence-electron chi connectivity index (χ0n) is 13.7. The van der Waals surface area contributed by atoms with Crippen molar-refractivity contribution >= 4 is 11.8 Å². The van der Waals surface area contributed by atoms with Crippen LogP contribution in [0, 0.1) is 6.92 Å². The minimum atomic E-state index is -0.101. The highest BCUT2D eigenvalue weighted by molar-refractivity contribution is 5.95. The van der Waals surface area contributed by atoms with E-state index in [2.05, 4.69) is 10.4 Å². The van der Waals surface area contributed by atoms with Gasteiger partial charge >= 0.3 is 0 Å². The van der Waals surface area contributed by atoms with Crippen LogP contribution < -0.4 is 5.32 Å². The predicted octanol–water partition coefficient (Wildman–Crippen LogP) is 0.894. The van der Waals surface area contributed by atoms with E-state index < -0.39 is 0 Å². The van der Waals surface area contributed by atoms with Gasteiger partial charge in [0.25, 0.3) is 5.91 Å². The van der Waals surface area contributed by atoms with Crippen LogP contribution in [0.5, 0.6) is 0 Å². The van der Waals surface area contributed by atoms with Crippen LogP contribution in [-0.2, 0) is 9.53 Å². The molecule has 0 radical (unpaired) electrons. The second kappa shape index (κ2) is 6.70. The third-order valence-electron chi connectivity index (χ3n) is 4.76. The summed E-state index contributed by atoms with van der Waals surface area (Å²) >= 11 is 0. The monoisotopic (exact) mass is 320 g/mol. The minimum absolute atomic E-state index is 0.00224. The largest absolute Gasteiger partial charge is 0.381 e. The molecule has 2 saturated heterocycles. The summed E-state index contributed by atoms with van der Waals surface area (Å²) in [6, 6.07) is 0.200. The topological polar surface area (TPSA) is 76.5 Å². The van der Waals surface area contributed by atoms with Crippen LogP contribution in [0.1, 0.15) is 48.3 Å². The lowest BCUT2D eigenvalue weighted by atomic mass is 10.1. The Hall–Kier alpha value is -1.89. The first kappa shape index (κ1) is 16.0. The van der Waals surface area contributed by atoms with Crippen LogP contribution in [0.25, 0.3) is 0 Å². The highest BCUT2D eigenvalue weighted by Gasteiger charge is 2.29. The van der Waals surface area contributed by atoms with Gasteiger partial charge in [-0.3, -0.25) is 14.3 Å². The van der Waals surface area contributed by atoms with E-state index in [1.807, 2.05) is 18.5 Å². The first-order valence-electron chi connectivity index (χ1n) is 8.27. The third-order valence-corrected chi connectivity index (χ3v) is 4.76. The Labute approximate surface area is 136 Å². The maximum atomic E-state index is 12.9. The van der Waals surface area contributed by atoms with E-state index in [1.165, 1.54) is 0 Å². The molecule has 0 saturated carbocycles. The van der Waals surface area contributed by atoms with Crippen molar-refractivity contribution in [3.8, 4) is 0 Å². The number of hydrogen-bond donors (Lipinski definition) is 1. The summed E-state index contributed by atoms with van der Waals surface area (Å²) in [5, 5.41) is 7.26. The molecule has 2 aliphatic rings. The number of carbonyl (C=O) groups excluding carboxylic acids is 2. The van der Waals surface area contributed by atoms with Crippen LogP contribution in [0.3, 0.4) is 0 Å². The fraction of sp³-hybridized carbons (Fsp3) is 0.688. The van der Waals surface area contributed by atoms with Crippen LogP contribution >= 0.6 is 0 Å². The number of carbonyl (C=O) groups is 2. The molecule has 0 bridgehead atoms. The smallest absolute Gasteiger partial charge is 0.257 e. The molecule has 2 fully saturated rings. The summed E-state index contributed by atoms with van der Waals surface area (Å²) in [5.74, 6) is -0.0350. The molecule has 2 amide bonds. The molecule has 0 spiro atoms. The summed E-state index contributed by atoms with van der Waals surface area (Å²) in [6.07, 6.45) is 3.86. The Morgan fingerprint density at radius 1 is 1.39 bits per heavy atom. The van der Waals surface area contributed by atoms with Crippen LogP contribution in [0.15, 0.2) is 6.20 Å². The van der Waals surface area contributed by atoms with Gasteiger partial charge in [0.05, 0.1) is 17.8 Å². The average Bonchev–Trinajstić information content (AvgIpc) is 2.84. The van der Waals surface area contributed by atoms with Crippen molar-refractivity contribution in [2.45, 2.75) is 45.2 Å². The van der Waals surface area contributed by atoms with Crippen molar-refractivity contribution in [2.24, 2.45) is 0 Å². The number of aromatic nitrogens is 2. The average molecular weight is 320 g/mol. The molecule has 7 heteroatoms. The van der Waals surface area contributed by atoms with Gasteiger partial charge in [-0.1, -0.05) is 0 Å². The number of hydrogen-bond acceptors (Lipinski definition) is 4. The van der Waals surface area contributed by atoms with E-state index in [-0.39, 0.29) is 17.9 Å². The van der Waals surface area contributed by atoms with Crippen molar-refractivity contribution in [3.05, 3.63) is 17.5 Å². The quantitative estimate of drug-likeness (QED) is 0.878. The molecule has 1 aromatic rings. The van der Waals surface area contributed by atoms with Crippen molar-refractivity contribution in [1.82, 2.24) is 20.0 Å². The number of amides is 2. The molecule has 2 aliphatic heterocycles. The molecule has 23 heavy (non-hydrogen) atoms. The lowest BCUT2D eigenvalue weighted by molar-refractivity contribution is -0.121. The molecule has 1 N–H and O–H groups in total. The van der Waals surface area contributed by atoms with Crippen molar-refractivity contribution in [3.63, 3.8) is 0 Å². The van der Waals surface area contributed by atoms with Crippen molar-refractivity contribution < 1.29 is 14.3 Å². The van der Waals surface area contributed by atoms with Crippen molar-refractivity contribution in [1.29, 1.82) is 0 Å². The van der Waals surface area contributed by atoms with Gasteiger partial charge < -0.3 is 15.0 Å². The molecule has 1 aromatic heterocycles. The molecule has 126 valence electrons. The van der Waals surface area contributed by atoms with Crippen molar-refractivity contribution in [2.75, 3.05) is 26.3 Å². The van der Waals surface area contributed by atoms with Gasteiger partial charge in [-0.25, -0.2) is 0 Å². The molecular weight excluding hydrogens is 296 g/mol. The molecule has 3 heterocycles. The second-order valence-corrected chi connectivity index (χ2v) is 6.33. The standard InChI is InChI=1S/C16H24N4O3/c1-11-9-15(21)17-5-6-19(11)16(22)14-10-18-20(12(14)2)13-3-7-23-8-4-13/h10-11,13H,3-9H2,1-2H3,(H,17,21). The van der Waals surface area contributed by atoms with Crippen LogP contribution in [0.4, 0.5) is 0 Å². The maximum absolute atomic E-state index is 12.9. The van der Waals surface area contributed by atoms with E-state index in [4.69, 9.17) is 4.74 Å².